The van der Waals surface area contributed by atoms with E-state index in [0.29, 0.717) is 30.4 Å². The van der Waals surface area contributed by atoms with Gasteiger partial charge in [-0.2, -0.15) is 13.5 Å². The molecule has 1 N–H and O–H groups in total. The van der Waals surface area contributed by atoms with Crippen LogP contribution in [-0.4, -0.2) is 38.3 Å². The molecule has 0 fully saturated rings. The molecule has 0 saturated heterocycles. The Hall–Kier alpha value is -3.60. The van der Waals surface area contributed by atoms with Gasteiger partial charge >= 0.3 is 0 Å². The fraction of sp³-hybridized carbons (Fsp3) is 0.318. The van der Waals surface area contributed by atoms with Crippen molar-refractivity contribution < 1.29 is 22.3 Å². The molecule has 0 bridgehead atoms. The number of hydrogen-bond acceptors (Lipinski definition) is 8. The van der Waals surface area contributed by atoms with E-state index in [0.717, 1.165) is 0 Å². The van der Waals surface area contributed by atoms with Crippen molar-refractivity contribution >= 4 is 21.5 Å². The largest absolute Gasteiger partial charge is 0.497 e. The second-order valence-corrected chi connectivity index (χ2v) is 9.42. The van der Waals surface area contributed by atoms with Crippen molar-refractivity contribution in [3.63, 3.8) is 0 Å². The van der Waals surface area contributed by atoms with Crippen LogP contribution in [0, 0.1) is 5.92 Å². The predicted octanol–water partition coefficient (Wildman–Crippen LogP) is 3.13. The van der Waals surface area contributed by atoms with Crippen molar-refractivity contribution in [3.05, 3.63) is 52.5 Å². The van der Waals surface area contributed by atoms with Gasteiger partial charge in [0.05, 0.1) is 26.2 Å². The van der Waals surface area contributed by atoms with E-state index in [1.54, 1.807) is 24.3 Å². The van der Waals surface area contributed by atoms with Crippen LogP contribution < -0.4 is 20.3 Å². The highest BCUT2D eigenvalue weighted by atomic mass is 32.2. The monoisotopic (exact) mass is 472 g/mol. The van der Waals surface area contributed by atoms with Crippen molar-refractivity contribution in [2.75, 3.05) is 19.5 Å². The van der Waals surface area contributed by atoms with Gasteiger partial charge in [-0.1, -0.05) is 13.8 Å². The van der Waals surface area contributed by atoms with E-state index >= 15 is 0 Å². The maximum atomic E-state index is 13.5. The van der Waals surface area contributed by atoms with E-state index in [1.807, 2.05) is 13.8 Å². The standard InChI is InChI=1S/C22H24N4O6S/c1-13(2)9-10-26-22(27)18(20(31-4)19(24-26)16-6-5-11-32-16)21-23-15-8-7-14(30-3)12-17(15)33(28,29)25-21/h5-8,11-13H,9-10H2,1-4H3,(H,23,25). The molecule has 0 amide bonds. The molecule has 0 spiro atoms. The van der Waals surface area contributed by atoms with Crippen LogP contribution in [0.5, 0.6) is 11.5 Å². The number of benzene rings is 1. The first-order valence-electron chi connectivity index (χ1n) is 10.3. The summed E-state index contributed by atoms with van der Waals surface area (Å²) in [6.45, 7) is 4.40. The first-order chi connectivity index (χ1) is 15.7. The van der Waals surface area contributed by atoms with Gasteiger partial charge in [0.25, 0.3) is 15.6 Å². The number of ether oxygens (including phenoxy) is 2. The second-order valence-electron chi connectivity index (χ2n) is 7.85. The number of rotatable bonds is 7. The highest BCUT2D eigenvalue weighted by Gasteiger charge is 2.32. The van der Waals surface area contributed by atoms with E-state index in [4.69, 9.17) is 13.9 Å². The molecule has 3 heterocycles. The number of aromatic nitrogens is 2. The van der Waals surface area contributed by atoms with Crippen molar-refractivity contribution in [1.29, 1.82) is 0 Å². The number of anilines is 1. The first kappa shape index (κ1) is 22.6. The summed E-state index contributed by atoms with van der Waals surface area (Å²) in [5.41, 5.74) is -0.0375. The molecule has 1 aromatic carbocycles. The summed E-state index contributed by atoms with van der Waals surface area (Å²) >= 11 is 0. The molecule has 0 atom stereocenters. The Morgan fingerprint density at radius 3 is 2.61 bits per heavy atom. The Morgan fingerprint density at radius 2 is 1.97 bits per heavy atom. The van der Waals surface area contributed by atoms with E-state index in [-0.39, 0.29) is 33.4 Å². The quantitative estimate of drug-likeness (QED) is 0.556. The average molecular weight is 473 g/mol. The lowest BCUT2D eigenvalue weighted by molar-refractivity contribution is 0.400. The molecular formula is C22H24N4O6S. The van der Waals surface area contributed by atoms with Gasteiger partial charge in [-0.25, -0.2) is 4.68 Å². The number of aryl methyl sites for hydroxylation is 1. The summed E-state index contributed by atoms with van der Waals surface area (Å²) in [6.07, 6.45) is 2.17. The van der Waals surface area contributed by atoms with Gasteiger partial charge < -0.3 is 19.2 Å². The molecule has 0 unspecified atom stereocenters. The van der Waals surface area contributed by atoms with E-state index in [2.05, 4.69) is 14.8 Å². The van der Waals surface area contributed by atoms with Gasteiger partial charge in [0.1, 0.15) is 16.2 Å². The van der Waals surface area contributed by atoms with Crippen molar-refractivity contribution in [2.45, 2.75) is 31.7 Å². The van der Waals surface area contributed by atoms with Crippen molar-refractivity contribution in [1.82, 2.24) is 9.78 Å². The average Bonchev–Trinajstić information content (AvgIpc) is 3.31. The van der Waals surface area contributed by atoms with Gasteiger partial charge in [0.15, 0.2) is 23.0 Å². The molecule has 1 aliphatic rings. The molecule has 174 valence electrons. The van der Waals surface area contributed by atoms with Crippen LogP contribution in [0.1, 0.15) is 25.8 Å². The summed E-state index contributed by atoms with van der Waals surface area (Å²) in [5.74, 6) is 0.979. The fourth-order valence-corrected chi connectivity index (χ4v) is 4.58. The predicted molar refractivity (Wildman–Crippen MR) is 123 cm³/mol. The smallest absolute Gasteiger partial charge is 0.286 e. The van der Waals surface area contributed by atoms with Crippen LogP contribution in [0.4, 0.5) is 5.69 Å². The van der Waals surface area contributed by atoms with E-state index in [9.17, 15) is 13.2 Å². The number of furan rings is 1. The number of hydrogen-bond donors (Lipinski definition) is 1. The molecular weight excluding hydrogens is 448 g/mol. The second kappa shape index (κ2) is 8.74. The zero-order valence-electron chi connectivity index (χ0n) is 18.7. The van der Waals surface area contributed by atoms with Gasteiger partial charge in [0.2, 0.25) is 0 Å². The molecule has 0 saturated carbocycles. The van der Waals surface area contributed by atoms with Crippen LogP contribution in [0.3, 0.4) is 0 Å². The third-order valence-electron chi connectivity index (χ3n) is 5.16. The van der Waals surface area contributed by atoms with Gasteiger partial charge in [-0.05, 0) is 36.6 Å². The third kappa shape index (κ3) is 4.23. The summed E-state index contributed by atoms with van der Waals surface area (Å²) in [5, 5.41) is 7.42. The number of methoxy groups -OCH3 is 2. The van der Waals surface area contributed by atoms with E-state index < -0.39 is 15.6 Å². The molecule has 33 heavy (non-hydrogen) atoms. The number of nitrogens with zero attached hydrogens (tertiary/aromatic N) is 3. The third-order valence-corrected chi connectivity index (χ3v) is 6.47. The highest BCUT2D eigenvalue weighted by Crippen LogP contribution is 2.35. The molecule has 3 aromatic rings. The minimum atomic E-state index is -4.12. The Bertz CT molecular complexity index is 1370. The number of sulfonamides is 1. The Kier molecular flexibility index (Phi) is 5.98. The minimum Gasteiger partial charge on any atom is -0.497 e. The minimum absolute atomic E-state index is 0.0484. The fourth-order valence-electron chi connectivity index (χ4n) is 3.44. The van der Waals surface area contributed by atoms with Crippen molar-refractivity contribution in [3.8, 4) is 23.0 Å². The van der Waals surface area contributed by atoms with Crippen LogP contribution >= 0.6 is 0 Å². The lowest BCUT2D eigenvalue weighted by Gasteiger charge is -2.21. The van der Waals surface area contributed by atoms with Crippen LogP contribution in [-0.2, 0) is 16.6 Å². The normalized spacial score (nSPS) is 14.4. The molecule has 4 rings (SSSR count). The topological polar surface area (TPSA) is 125 Å². The lowest BCUT2D eigenvalue weighted by atomic mass is 10.1. The van der Waals surface area contributed by atoms with Crippen LogP contribution in [0.25, 0.3) is 11.5 Å². The zero-order chi connectivity index (χ0) is 23.8. The molecule has 0 radical (unpaired) electrons. The number of fused-ring (bicyclic) bond motifs is 1. The molecule has 11 heteroatoms. The molecule has 10 nitrogen and oxygen atoms in total. The van der Waals surface area contributed by atoms with Gasteiger partial charge in [0, 0.05) is 12.6 Å². The zero-order valence-corrected chi connectivity index (χ0v) is 19.5. The summed E-state index contributed by atoms with van der Waals surface area (Å²) in [6, 6.07) is 7.91. The SMILES string of the molecule is COc1ccc2c(c1)S(=O)(=O)N=C(c1c(OC)c(-c3ccco3)nn(CCC(C)C)c1=O)N2. The van der Waals surface area contributed by atoms with Gasteiger partial charge in [-0.3, -0.25) is 4.79 Å². The first-order valence-corrected chi connectivity index (χ1v) is 11.7. The maximum absolute atomic E-state index is 13.5. The van der Waals surface area contributed by atoms with Gasteiger partial charge in [-0.15, -0.1) is 4.40 Å². The summed E-state index contributed by atoms with van der Waals surface area (Å²) in [4.78, 5) is 13.4. The van der Waals surface area contributed by atoms with Crippen LogP contribution in [0.2, 0.25) is 0 Å². The summed E-state index contributed by atoms with van der Waals surface area (Å²) < 4.78 is 47.3. The molecule has 1 aliphatic heterocycles. The van der Waals surface area contributed by atoms with Crippen LogP contribution in [0.15, 0.2) is 55.1 Å². The lowest BCUT2D eigenvalue weighted by Crippen LogP contribution is -2.35. The Morgan fingerprint density at radius 1 is 1.18 bits per heavy atom. The maximum Gasteiger partial charge on any atom is 0.286 e. The number of amidine groups is 1. The number of nitrogens with one attached hydrogen (secondary N) is 1. The Labute approximate surface area is 190 Å². The van der Waals surface area contributed by atoms with Crippen molar-refractivity contribution in [2.24, 2.45) is 10.3 Å². The molecule has 0 aliphatic carbocycles. The Balaban J connectivity index is 1.95. The highest BCUT2D eigenvalue weighted by molar-refractivity contribution is 7.90. The van der Waals surface area contributed by atoms with E-state index in [1.165, 1.54) is 31.2 Å². The molecule has 2 aromatic heterocycles. The summed E-state index contributed by atoms with van der Waals surface area (Å²) in [7, 11) is -1.30.